The fourth-order valence-corrected chi connectivity index (χ4v) is 2.56. The van der Waals surface area contributed by atoms with Crippen LogP contribution in [0.25, 0.3) is 0 Å². The van der Waals surface area contributed by atoms with Crippen molar-refractivity contribution in [2.45, 2.75) is 50.8 Å². The average molecular weight is 249 g/mol. The summed E-state index contributed by atoms with van der Waals surface area (Å²) in [5.41, 5.74) is 1.20. The predicted molar refractivity (Wildman–Crippen MR) is 72.7 cm³/mol. The van der Waals surface area contributed by atoms with E-state index in [0.717, 1.165) is 31.6 Å². The van der Waals surface area contributed by atoms with E-state index in [1.165, 1.54) is 18.4 Å². The van der Waals surface area contributed by atoms with E-state index in [1.54, 1.807) is 7.11 Å². The highest BCUT2D eigenvalue weighted by Gasteiger charge is 2.20. The molecule has 1 aliphatic rings. The van der Waals surface area contributed by atoms with Gasteiger partial charge in [0.05, 0.1) is 13.2 Å². The Kier molecular flexibility index (Phi) is 5.02. The first-order valence-electron chi connectivity index (χ1n) is 6.84. The molecule has 2 rings (SSSR count). The van der Waals surface area contributed by atoms with Crippen LogP contribution in [-0.2, 0) is 6.54 Å². The van der Waals surface area contributed by atoms with Gasteiger partial charge >= 0.3 is 0 Å². The van der Waals surface area contributed by atoms with Crippen LogP contribution in [0.2, 0.25) is 0 Å². The fraction of sp³-hybridized carbons (Fsp3) is 0.600. The number of benzene rings is 1. The van der Waals surface area contributed by atoms with E-state index < -0.39 is 0 Å². The molecule has 18 heavy (non-hydrogen) atoms. The number of nitrogens with one attached hydrogen (secondary N) is 1. The van der Waals surface area contributed by atoms with Crippen LogP contribution in [0, 0.1) is 0 Å². The Morgan fingerprint density at radius 2 is 2.11 bits per heavy atom. The van der Waals surface area contributed by atoms with Crippen molar-refractivity contribution in [1.29, 1.82) is 0 Å². The van der Waals surface area contributed by atoms with Gasteiger partial charge in [-0.05, 0) is 30.5 Å². The van der Waals surface area contributed by atoms with Crippen molar-refractivity contribution >= 4 is 0 Å². The van der Waals surface area contributed by atoms with Gasteiger partial charge in [0.25, 0.3) is 0 Å². The lowest BCUT2D eigenvalue weighted by Gasteiger charge is -2.22. The zero-order valence-electron chi connectivity index (χ0n) is 11.1. The van der Waals surface area contributed by atoms with Gasteiger partial charge in [0, 0.05) is 12.6 Å². The summed E-state index contributed by atoms with van der Waals surface area (Å²) in [5.74, 6) is 0.885. The van der Waals surface area contributed by atoms with E-state index in [9.17, 15) is 5.11 Å². The van der Waals surface area contributed by atoms with Crippen molar-refractivity contribution in [2.75, 3.05) is 7.11 Å². The van der Waals surface area contributed by atoms with Crippen molar-refractivity contribution in [1.82, 2.24) is 5.32 Å². The summed E-state index contributed by atoms with van der Waals surface area (Å²) in [4.78, 5) is 0. The van der Waals surface area contributed by atoms with Gasteiger partial charge in [-0.25, -0.2) is 0 Å². The second-order valence-corrected chi connectivity index (χ2v) is 5.04. The van der Waals surface area contributed by atoms with Crippen LogP contribution in [0.4, 0.5) is 0 Å². The van der Waals surface area contributed by atoms with E-state index in [0.29, 0.717) is 0 Å². The molecule has 1 fully saturated rings. The molecule has 0 spiro atoms. The molecule has 0 amide bonds. The van der Waals surface area contributed by atoms with Crippen molar-refractivity contribution in [3.05, 3.63) is 29.8 Å². The first kappa shape index (κ1) is 13.4. The Bertz CT molecular complexity index is 367. The molecular weight excluding hydrogens is 226 g/mol. The zero-order valence-corrected chi connectivity index (χ0v) is 11.1. The van der Waals surface area contributed by atoms with Gasteiger partial charge in [-0.3, -0.25) is 0 Å². The average Bonchev–Trinajstić information content (AvgIpc) is 2.61. The van der Waals surface area contributed by atoms with E-state index >= 15 is 0 Å². The molecule has 0 saturated heterocycles. The SMILES string of the molecule is COc1cccc(CNC2CCCCCC2O)c1. The van der Waals surface area contributed by atoms with Crippen molar-refractivity contribution in [3.8, 4) is 5.75 Å². The summed E-state index contributed by atoms with van der Waals surface area (Å²) < 4.78 is 5.21. The van der Waals surface area contributed by atoms with Crippen molar-refractivity contribution < 1.29 is 9.84 Å². The van der Waals surface area contributed by atoms with Gasteiger partial charge in [0.1, 0.15) is 5.75 Å². The van der Waals surface area contributed by atoms with Gasteiger partial charge in [0.2, 0.25) is 0 Å². The molecule has 3 heteroatoms. The minimum absolute atomic E-state index is 0.196. The van der Waals surface area contributed by atoms with Crippen LogP contribution in [0.3, 0.4) is 0 Å². The minimum Gasteiger partial charge on any atom is -0.497 e. The summed E-state index contributed by atoms with van der Waals surface area (Å²) in [5, 5.41) is 13.5. The molecule has 2 unspecified atom stereocenters. The van der Waals surface area contributed by atoms with Crippen LogP contribution >= 0.6 is 0 Å². The highest BCUT2D eigenvalue weighted by molar-refractivity contribution is 5.28. The van der Waals surface area contributed by atoms with Crippen molar-refractivity contribution in [2.24, 2.45) is 0 Å². The number of methoxy groups -OCH3 is 1. The highest BCUT2D eigenvalue weighted by Crippen LogP contribution is 2.19. The third kappa shape index (κ3) is 3.72. The van der Waals surface area contributed by atoms with Crippen LogP contribution in [-0.4, -0.2) is 24.4 Å². The third-order valence-corrected chi connectivity index (χ3v) is 3.68. The maximum Gasteiger partial charge on any atom is 0.119 e. The molecule has 0 radical (unpaired) electrons. The molecule has 1 aromatic rings. The number of hydrogen-bond donors (Lipinski definition) is 2. The standard InChI is InChI=1S/C15H23NO2/c1-18-13-7-5-6-12(10-13)11-16-14-8-3-2-4-9-15(14)17/h5-7,10,14-17H,2-4,8-9,11H2,1H3. The van der Waals surface area contributed by atoms with Crippen molar-refractivity contribution in [3.63, 3.8) is 0 Å². The van der Waals surface area contributed by atoms with E-state index in [4.69, 9.17) is 4.74 Å². The monoisotopic (exact) mass is 249 g/mol. The molecule has 2 N–H and O–H groups in total. The Morgan fingerprint density at radius 1 is 1.28 bits per heavy atom. The van der Waals surface area contributed by atoms with E-state index in [-0.39, 0.29) is 12.1 Å². The number of aliphatic hydroxyl groups is 1. The zero-order chi connectivity index (χ0) is 12.8. The fourth-order valence-electron chi connectivity index (χ4n) is 2.56. The van der Waals surface area contributed by atoms with E-state index in [1.807, 2.05) is 18.2 Å². The van der Waals surface area contributed by atoms with Crippen LogP contribution in [0.5, 0.6) is 5.75 Å². The maximum atomic E-state index is 10.0. The Balaban J connectivity index is 1.89. The summed E-state index contributed by atoms with van der Waals surface area (Å²) in [7, 11) is 1.68. The van der Waals surface area contributed by atoms with Gasteiger partial charge in [0.15, 0.2) is 0 Å². The lowest BCUT2D eigenvalue weighted by Crippen LogP contribution is -2.38. The number of rotatable bonds is 4. The Hall–Kier alpha value is -1.06. The second kappa shape index (κ2) is 6.76. The first-order chi connectivity index (χ1) is 8.79. The topological polar surface area (TPSA) is 41.5 Å². The number of hydrogen-bond acceptors (Lipinski definition) is 3. The molecule has 1 saturated carbocycles. The molecule has 0 bridgehead atoms. The van der Waals surface area contributed by atoms with E-state index in [2.05, 4.69) is 11.4 Å². The van der Waals surface area contributed by atoms with Gasteiger partial charge in [-0.2, -0.15) is 0 Å². The molecule has 0 heterocycles. The largest absolute Gasteiger partial charge is 0.497 e. The normalized spacial score (nSPS) is 24.6. The Morgan fingerprint density at radius 3 is 2.94 bits per heavy atom. The quantitative estimate of drug-likeness (QED) is 0.806. The van der Waals surface area contributed by atoms with Crippen LogP contribution in [0.15, 0.2) is 24.3 Å². The predicted octanol–water partition coefficient (Wildman–Crippen LogP) is 2.48. The van der Waals surface area contributed by atoms with Crippen LogP contribution in [0.1, 0.15) is 37.7 Å². The summed E-state index contributed by atoms with van der Waals surface area (Å²) in [6.45, 7) is 0.791. The molecule has 100 valence electrons. The molecule has 2 atom stereocenters. The summed E-state index contributed by atoms with van der Waals surface area (Å²) >= 11 is 0. The van der Waals surface area contributed by atoms with Gasteiger partial charge in [-0.15, -0.1) is 0 Å². The second-order valence-electron chi connectivity index (χ2n) is 5.04. The van der Waals surface area contributed by atoms with Crippen LogP contribution < -0.4 is 10.1 Å². The lowest BCUT2D eigenvalue weighted by molar-refractivity contribution is 0.119. The smallest absolute Gasteiger partial charge is 0.119 e. The minimum atomic E-state index is -0.196. The highest BCUT2D eigenvalue weighted by atomic mass is 16.5. The number of aliphatic hydroxyl groups excluding tert-OH is 1. The summed E-state index contributed by atoms with van der Waals surface area (Å²) in [6.07, 6.45) is 5.42. The third-order valence-electron chi connectivity index (χ3n) is 3.68. The maximum absolute atomic E-state index is 10.0. The first-order valence-corrected chi connectivity index (χ1v) is 6.84. The molecular formula is C15H23NO2. The molecule has 1 aromatic carbocycles. The summed E-state index contributed by atoms with van der Waals surface area (Å²) in [6, 6.07) is 8.30. The number of ether oxygens (including phenoxy) is 1. The van der Waals surface area contributed by atoms with Gasteiger partial charge in [-0.1, -0.05) is 31.4 Å². The molecule has 3 nitrogen and oxygen atoms in total. The molecule has 0 aliphatic heterocycles. The molecule has 1 aliphatic carbocycles. The van der Waals surface area contributed by atoms with Gasteiger partial charge < -0.3 is 15.2 Å². The lowest BCUT2D eigenvalue weighted by atomic mass is 10.1. The Labute approximate surface area is 109 Å². The molecule has 0 aromatic heterocycles.